The number of imide groups is 1. The van der Waals surface area contributed by atoms with Crippen molar-refractivity contribution in [3.05, 3.63) is 67.6 Å². The third-order valence-electron chi connectivity index (χ3n) is 3.74. The Labute approximate surface area is 159 Å². The number of aryl methyl sites for hydroxylation is 2. The van der Waals surface area contributed by atoms with Gasteiger partial charge in [0.25, 0.3) is 11.8 Å². The standard InChI is InChI=1S/C13H10N2O2S.C5H8N2S/c1-8-14-9(7-18-8)6-15-12(16)10-4-2-3-5-11(10)13(15)17;1-4-7-5(2-6)3-8-4/h2-5,7H,6H2,1H3;3H,2,6H2,1H3. The highest BCUT2D eigenvalue weighted by atomic mass is 32.1. The molecule has 3 heterocycles. The lowest BCUT2D eigenvalue weighted by Crippen LogP contribution is -2.29. The largest absolute Gasteiger partial charge is 0.325 e. The second kappa shape index (κ2) is 7.86. The van der Waals surface area contributed by atoms with Crippen LogP contribution in [0.2, 0.25) is 0 Å². The van der Waals surface area contributed by atoms with Crippen molar-refractivity contribution in [2.24, 2.45) is 5.73 Å². The van der Waals surface area contributed by atoms with Crippen LogP contribution in [0.4, 0.5) is 0 Å². The van der Waals surface area contributed by atoms with Gasteiger partial charge >= 0.3 is 0 Å². The Kier molecular flexibility index (Phi) is 5.55. The van der Waals surface area contributed by atoms with Crippen LogP contribution in [0.3, 0.4) is 0 Å². The van der Waals surface area contributed by atoms with Gasteiger partial charge < -0.3 is 5.73 Å². The van der Waals surface area contributed by atoms with Crippen molar-refractivity contribution in [1.82, 2.24) is 14.9 Å². The number of carbonyl (C=O) groups is 2. The molecule has 3 aromatic rings. The Bertz CT molecular complexity index is 913. The summed E-state index contributed by atoms with van der Waals surface area (Å²) < 4.78 is 0. The van der Waals surface area contributed by atoms with E-state index in [1.54, 1.807) is 35.6 Å². The fraction of sp³-hybridized carbons (Fsp3) is 0.222. The van der Waals surface area contributed by atoms with Gasteiger partial charge in [-0.3, -0.25) is 14.5 Å². The molecule has 4 rings (SSSR count). The summed E-state index contributed by atoms with van der Waals surface area (Å²) in [5.74, 6) is -0.470. The SMILES string of the molecule is Cc1nc(CN)cs1.Cc1nc(CN2C(=O)c3ccccc3C2=O)cs1. The number of nitrogens with zero attached hydrogens (tertiary/aromatic N) is 3. The molecule has 2 amide bonds. The molecule has 0 fully saturated rings. The third-order valence-corrected chi connectivity index (χ3v) is 5.39. The maximum atomic E-state index is 12.1. The summed E-state index contributed by atoms with van der Waals surface area (Å²) in [7, 11) is 0. The number of hydrogen-bond donors (Lipinski definition) is 1. The predicted octanol–water partition coefficient (Wildman–Crippen LogP) is 3.16. The molecule has 0 saturated heterocycles. The Balaban J connectivity index is 0.000000206. The molecule has 8 heteroatoms. The number of thiazole rings is 2. The molecule has 0 atom stereocenters. The van der Waals surface area contributed by atoms with Gasteiger partial charge in [0.05, 0.1) is 39.1 Å². The molecule has 0 unspecified atom stereocenters. The van der Waals surface area contributed by atoms with E-state index in [1.807, 2.05) is 24.6 Å². The monoisotopic (exact) mass is 386 g/mol. The Morgan fingerprint density at radius 1 is 0.923 bits per heavy atom. The first-order chi connectivity index (χ1) is 12.5. The molecule has 0 spiro atoms. The quantitative estimate of drug-likeness (QED) is 0.699. The van der Waals surface area contributed by atoms with Crippen molar-refractivity contribution in [2.75, 3.05) is 0 Å². The van der Waals surface area contributed by atoms with Gasteiger partial charge in [0.15, 0.2) is 0 Å². The van der Waals surface area contributed by atoms with Crippen LogP contribution in [0.15, 0.2) is 35.0 Å². The summed E-state index contributed by atoms with van der Waals surface area (Å²) in [6, 6.07) is 6.89. The lowest BCUT2D eigenvalue weighted by Gasteiger charge is -2.11. The van der Waals surface area contributed by atoms with Crippen LogP contribution in [0.25, 0.3) is 0 Å². The van der Waals surface area contributed by atoms with Gasteiger partial charge in [-0.1, -0.05) is 12.1 Å². The minimum Gasteiger partial charge on any atom is -0.325 e. The van der Waals surface area contributed by atoms with Crippen molar-refractivity contribution < 1.29 is 9.59 Å². The van der Waals surface area contributed by atoms with Gasteiger partial charge in [-0.25, -0.2) is 9.97 Å². The second-order valence-corrected chi connectivity index (χ2v) is 7.79. The van der Waals surface area contributed by atoms with Gasteiger partial charge in [-0.2, -0.15) is 0 Å². The lowest BCUT2D eigenvalue weighted by atomic mass is 10.1. The van der Waals surface area contributed by atoms with Crippen LogP contribution in [0.5, 0.6) is 0 Å². The van der Waals surface area contributed by atoms with Crippen molar-refractivity contribution in [3.63, 3.8) is 0 Å². The van der Waals surface area contributed by atoms with Gasteiger partial charge in [0, 0.05) is 17.3 Å². The van der Waals surface area contributed by atoms with Crippen LogP contribution in [0, 0.1) is 13.8 Å². The van der Waals surface area contributed by atoms with Gasteiger partial charge in [0.2, 0.25) is 0 Å². The van der Waals surface area contributed by atoms with E-state index in [2.05, 4.69) is 9.97 Å². The average Bonchev–Trinajstić information content (AvgIpc) is 3.32. The van der Waals surface area contributed by atoms with E-state index in [4.69, 9.17) is 5.73 Å². The zero-order chi connectivity index (χ0) is 18.7. The van der Waals surface area contributed by atoms with Crippen LogP contribution in [0.1, 0.15) is 42.1 Å². The van der Waals surface area contributed by atoms with Gasteiger partial charge in [-0.05, 0) is 26.0 Å². The van der Waals surface area contributed by atoms with Crippen molar-refractivity contribution in [1.29, 1.82) is 0 Å². The van der Waals surface area contributed by atoms with Crippen LogP contribution in [-0.2, 0) is 13.1 Å². The molecule has 1 aromatic carbocycles. The van der Waals surface area contributed by atoms with E-state index in [1.165, 1.54) is 16.2 Å². The highest BCUT2D eigenvalue weighted by Crippen LogP contribution is 2.24. The first kappa shape index (κ1) is 18.4. The molecule has 134 valence electrons. The molecular weight excluding hydrogens is 368 g/mol. The van der Waals surface area contributed by atoms with E-state index in [-0.39, 0.29) is 18.4 Å². The Morgan fingerprint density at radius 2 is 1.42 bits per heavy atom. The minimum atomic E-state index is -0.235. The summed E-state index contributed by atoms with van der Waals surface area (Å²) >= 11 is 3.15. The zero-order valence-corrected chi connectivity index (χ0v) is 16.1. The molecule has 0 aliphatic carbocycles. The first-order valence-electron chi connectivity index (χ1n) is 7.97. The summed E-state index contributed by atoms with van der Waals surface area (Å²) in [5.41, 5.74) is 8.02. The predicted molar refractivity (Wildman–Crippen MR) is 102 cm³/mol. The van der Waals surface area contributed by atoms with E-state index in [9.17, 15) is 9.59 Å². The second-order valence-electron chi connectivity index (χ2n) is 5.66. The van der Waals surface area contributed by atoms with Gasteiger partial charge in [0.1, 0.15) is 0 Å². The molecule has 1 aliphatic heterocycles. The lowest BCUT2D eigenvalue weighted by molar-refractivity contribution is 0.0640. The number of nitrogens with two attached hydrogens (primary N) is 1. The number of aromatic nitrogens is 2. The highest BCUT2D eigenvalue weighted by Gasteiger charge is 2.35. The number of benzene rings is 1. The summed E-state index contributed by atoms with van der Waals surface area (Å²) in [6.07, 6.45) is 0. The van der Waals surface area contributed by atoms with E-state index < -0.39 is 0 Å². The molecule has 0 bridgehead atoms. The number of rotatable bonds is 3. The average molecular weight is 387 g/mol. The first-order valence-corrected chi connectivity index (χ1v) is 9.73. The third kappa shape index (κ3) is 3.87. The Morgan fingerprint density at radius 3 is 1.81 bits per heavy atom. The van der Waals surface area contributed by atoms with Crippen LogP contribution in [-0.4, -0.2) is 26.7 Å². The fourth-order valence-electron chi connectivity index (χ4n) is 2.53. The molecule has 6 nitrogen and oxygen atoms in total. The molecule has 26 heavy (non-hydrogen) atoms. The van der Waals surface area contributed by atoms with Gasteiger partial charge in [-0.15, -0.1) is 22.7 Å². The maximum absolute atomic E-state index is 12.1. The summed E-state index contributed by atoms with van der Waals surface area (Å²) in [4.78, 5) is 33.8. The number of fused-ring (bicyclic) bond motifs is 1. The summed E-state index contributed by atoms with van der Waals surface area (Å²) in [5, 5.41) is 5.88. The van der Waals surface area contributed by atoms with E-state index >= 15 is 0 Å². The molecule has 1 aliphatic rings. The Hall–Kier alpha value is -2.42. The minimum absolute atomic E-state index is 0.235. The molecular formula is C18H18N4O2S2. The molecule has 2 aromatic heterocycles. The zero-order valence-electron chi connectivity index (χ0n) is 14.4. The maximum Gasteiger partial charge on any atom is 0.261 e. The highest BCUT2D eigenvalue weighted by molar-refractivity contribution is 7.09. The van der Waals surface area contributed by atoms with Crippen LogP contribution >= 0.6 is 22.7 Å². The summed E-state index contributed by atoms with van der Waals surface area (Å²) in [6.45, 7) is 4.68. The van der Waals surface area contributed by atoms with Crippen molar-refractivity contribution in [3.8, 4) is 0 Å². The van der Waals surface area contributed by atoms with Crippen molar-refractivity contribution in [2.45, 2.75) is 26.9 Å². The number of amides is 2. The molecule has 0 saturated carbocycles. The topological polar surface area (TPSA) is 89.2 Å². The van der Waals surface area contributed by atoms with E-state index in [0.29, 0.717) is 17.7 Å². The smallest absolute Gasteiger partial charge is 0.261 e. The van der Waals surface area contributed by atoms with E-state index in [0.717, 1.165) is 21.4 Å². The fourth-order valence-corrected chi connectivity index (χ4v) is 3.76. The molecule has 2 N–H and O–H groups in total. The molecule has 0 radical (unpaired) electrons. The van der Waals surface area contributed by atoms with Crippen molar-refractivity contribution >= 4 is 34.5 Å². The van der Waals surface area contributed by atoms with Crippen LogP contribution < -0.4 is 5.73 Å². The normalized spacial score (nSPS) is 12.8. The number of carbonyl (C=O) groups excluding carboxylic acids is 2. The number of hydrogen-bond acceptors (Lipinski definition) is 7.